The predicted molar refractivity (Wildman–Crippen MR) is 83.0 cm³/mol. The summed E-state index contributed by atoms with van der Waals surface area (Å²) in [6.45, 7) is 0.878. The van der Waals surface area contributed by atoms with Gasteiger partial charge in [0.1, 0.15) is 0 Å². The molecule has 0 radical (unpaired) electrons. The maximum absolute atomic E-state index is 11.5. The average Bonchev–Trinajstić information content (AvgIpc) is 2.37. The number of amides is 1. The van der Waals surface area contributed by atoms with Gasteiger partial charge in [-0.2, -0.15) is 0 Å². The molecule has 5 nitrogen and oxygen atoms in total. The molecule has 0 atom stereocenters. The summed E-state index contributed by atoms with van der Waals surface area (Å²) in [4.78, 5) is 13.8. The second-order valence-corrected chi connectivity index (χ2v) is 5.71. The van der Waals surface area contributed by atoms with Crippen molar-refractivity contribution in [3.8, 4) is 0 Å². The number of anilines is 2. The van der Waals surface area contributed by atoms with E-state index >= 15 is 0 Å². The van der Waals surface area contributed by atoms with Crippen LogP contribution in [0.5, 0.6) is 0 Å². The molecular formula is C15H24N4O. The standard InChI is InChI=1S/C15H24N4O/c1-17-14(20)11-5-6-13(12(16)9-11)18-10-15(19(2)3)7-4-8-15/h5-6,9,18H,4,7-8,10,16H2,1-3H3,(H,17,20). The van der Waals surface area contributed by atoms with E-state index in [0.717, 1.165) is 12.2 Å². The molecule has 1 aliphatic carbocycles. The lowest BCUT2D eigenvalue weighted by Gasteiger charge is -2.47. The molecule has 1 aliphatic rings. The van der Waals surface area contributed by atoms with E-state index in [-0.39, 0.29) is 11.4 Å². The van der Waals surface area contributed by atoms with Crippen molar-refractivity contribution in [2.75, 3.05) is 38.7 Å². The van der Waals surface area contributed by atoms with E-state index in [1.807, 2.05) is 6.07 Å². The van der Waals surface area contributed by atoms with Gasteiger partial charge >= 0.3 is 0 Å². The molecule has 0 aliphatic heterocycles. The topological polar surface area (TPSA) is 70.4 Å². The molecule has 1 saturated carbocycles. The number of nitrogens with two attached hydrogens (primary N) is 1. The van der Waals surface area contributed by atoms with Crippen molar-refractivity contribution in [1.82, 2.24) is 10.2 Å². The lowest BCUT2D eigenvalue weighted by atomic mass is 9.75. The number of benzene rings is 1. The fraction of sp³-hybridized carbons (Fsp3) is 0.533. The van der Waals surface area contributed by atoms with Crippen LogP contribution in [0.25, 0.3) is 0 Å². The van der Waals surface area contributed by atoms with Crippen LogP contribution in [-0.4, -0.2) is 44.0 Å². The Bertz CT molecular complexity index is 495. The van der Waals surface area contributed by atoms with Gasteiger partial charge < -0.3 is 21.3 Å². The van der Waals surface area contributed by atoms with Crippen molar-refractivity contribution in [2.45, 2.75) is 24.8 Å². The Labute approximate surface area is 120 Å². The number of hydrogen-bond donors (Lipinski definition) is 3. The fourth-order valence-corrected chi connectivity index (χ4v) is 2.64. The average molecular weight is 276 g/mol. The van der Waals surface area contributed by atoms with Gasteiger partial charge in [-0.25, -0.2) is 0 Å². The molecule has 0 spiro atoms. The Kier molecular flexibility index (Phi) is 4.18. The molecule has 4 N–H and O–H groups in total. The lowest BCUT2D eigenvalue weighted by Crippen LogP contribution is -2.54. The van der Waals surface area contributed by atoms with E-state index in [9.17, 15) is 4.79 Å². The van der Waals surface area contributed by atoms with Crippen molar-refractivity contribution in [1.29, 1.82) is 0 Å². The molecule has 1 aromatic rings. The van der Waals surface area contributed by atoms with E-state index in [1.54, 1.807) is 19.2 Å². The molecule has 1 amide bonds. The number of carbonyl (C=O) groups is 1. The molecule has 0 bridgehead atoms. The van der Waals surface area contributed by atoms with Crippen LogP contribution in [-0.2, 0) is 0 Å². The Morgan fingerprint density at radius 1 is 1.40 bits per heavy atom. The third kappa shape index (κ3) is 2.72. The molecule has 110 valence electrons. The van der Waals surface area contributed by atoms with Gasteiger partial charge in [-0.3, -0.25) is 4.79 Å². The van der Waals surface area contributed by atoms with Gasteiger partial charge in [0.2, 0.25) is 0 Å². The molecule has 5 heteroatoms. The fourth-order valence-electron chi connectivity index (χ4n) is 2.64. The smallest absolute Gasteiger partial charge is 0.251 e. The molecule has 0 aromatic heterocycles. The molecule has 1 aromatic carbocycles. The van der Waals surface area contributed by atoms with Gasteiger partial charge in [0.25, 0.3) is 5.91 Å². The van der Waals surface area contributed by atoms with Crippen molar-refractivity contribution in [3.05, 3.63) is 23.8 Å². The SMILES string of the molecule is CNC(=O)c1ccc(NCC2(N(C)C)CCC2)c(N)c1. The number of rotatable bonds is 5. The van der Waals surface area contributed by atoms with Gasteiger partial charge in [0, 0.05) is 24.7 Å². The first-order chi connectivity index (χ1) is 9.48. The van der Waals surface area contributed by atoms with Crippen LogP contribution in [0.2, 0.25) is 0 Å². The highest BCUT2D eigenvalue weighted by Gasteiger charge is 2.38. The first-order valence-electron chi connectivity index (χ1n) is 7.01. The van der Waals surface area contributed by atoms with E-state index in [0.29, 0.717) is 11.3 Å². The Balaban J connectivity index is 2.05. The van der Waals surface area contributed by atoms with Gasteiger partial charge in [-0.15, -0.1) is 0 Å². The largest absolute Gasteiger partial charge is 0.397 e. The minimum absolute atomic E-state index is 0.119. The van der Waals surface area contributed by atoms with E-state index in [4.69, 9.17) is 5.73 Å². The third-order valence-corrected chi connectivity index (χ3v) is 4.38. The van der Waals surface area contributed by atoms with Crippen LogP contribution in [0.3, 0.4) is 0 Å². The number of hydrogen-bond acceptors (Lipinski definition) is 4. The third-order valence-electron chi connectivity index (χ3n) is 4.38. The summed E-state index contributed by atoms with van der Waals surface area (Å²) < 4.78 is 0. The van der Waals surface area contributed by atoms with Crippen LogP contribution >= 0.6 is 0 Å². The summed E-state index contributed by atoms with van der Waals surface area (Å²) in [5, 5.41) is 6.02. The molecule has 0 unspecified atom stereocenters. The monoisotopic (exact) mass is 276 g/mol. The number of likely N-dealkylation sites (N-methyl/N-ethyl adjacent to an activating group) is 1. The first-order valence-corrected chi connectivity index (χ1v) is 7.01. The summed E-state index contributed by atoms with van der Waals surface area (Å²) in [7, 11) is 5.86. The molecule has 20 heavy (non-hydrogen) atoms. The molecule has 0 heterocycles. The van der Waals surface area contributed by atoms with E-state index in [2.05, 4.69) is 29.6 Å². The number of nitrogens with zero attached hydrogens (tertiary/aromatic N) is 1. The normalized spacial score (nSPS) is 16.6. The zero-order valence-corrected chi connectivity index (χ0v) is 12.5. The Hall–Kier alpha value is -1.75. The Morgan fingerprint density at radius 2 is 2.10 bits per heavy atom. The van der Waals surface area contributed by atoms with Crippen molar-refractivity contribution >= 4 is 17.3 Å². The van der Waals surface area contributed by atoms with Crippen molar-refractivity contribution < 1.29 is 4.79 Å². The van der Waals surface area contributed by atoms with Crippen molar-refractivity contribution in [2.24, 2.45) is 0 Å². The molecular weight excluding hydrogens is 252 g/mol. The quantitative estimate of drug-likeness (QED) is 0.713. The molecule has 1 fully saturated rings. The highest BCUT2D eigenvalue weighted by atomic mass is 16.1. The van der Waals surface area contributed by atoms with E-state index < -0.39 is 0 Å². The first kappa shape index (κ1) is 14.7. The number of nitrogens with one attached hydrogen (secondary N) is 2. The summed E-state index contributed by atoms with van der Waals surface area (Å²) in [6, 6.07) is 5.38. The van der Waals surface area contributed by atoms with Crippen LogP contribution in [0, 0.1) is 0 Å². The van der Waals surface area contributed by atoms with Gasteiger partial charge in [-0.1, -0.05) is 0 Å². The summed E-state index contributed by atoms with van der Waals surface area (Å²) in [6.07, 6.45) is 3.71. The van der Waals surface area contributed by atoms with Crippen molar-refractivity contribution in [3.63, 3.8) is 0 Å². The highest BCUT2D eigenvalue weighted by molar-refractivity contribution is 5.95. The minimum atomic E-state index is -0.119. The van der Waals surface area contributed by atoms with Gasteiger partial charge in [0.15, 0.2) is 0 Å². The lowest BCUT2D eigenvalue weighted by molar-refractivity contribution is 0.0739. The zero-order chi connectivity index (χ0) is 14.8. The number of nitrogen functional groups attached to an aromatic ring is 1. The van der Waals surface area contributed by atoms with Crippen LogP contribution in [0.4, 0.5) is 11.4 Å². The van der Waals surface area contributed by atoms with E-state index in [1.165, 1.54) is 19.3 Å². The second kappa shape index (κ2) is 5.71. The number of carbonyl (C=O) groups excluding carboxylic acids is 1. The predicted octanol–water partition coefficient (Wildman–Crippen LogP) is 1.52. The minimum Gasteiger partial charge on any atom is -0.397 e. The van der Waals surface area contributed by atoms with Crippen LogP contribution in [0.15, 0.2) is 18.2 Å². The van der Waals surface area contributed by atoms with Crippen LogP contribution in [0.1, 0.15) is 29.6 Å². The maximum Gasteiger partial charge on any atom is 0.251 e. The zero-order valence-electron chi connectivity index (χ0n) is 12.5. The maximum atomic E-state index is 11.5. The van der Waals surface area contributed by atoms with Crippen LogP contribution < -0.4 is 16.4 Å². The molecule has 0 saturated heterocycles. The molecule has 2 rings (SSSR count). The van der Waals surface area contributed by atoms with Gasteiger partial charge in [-0.05, 0) is 51.6 Å². The summed E-state index contributed by atoms with van der Waals surface area (Å²) in [5.41, 5.74) is 8.35. The Morgan fingerprint density at radius 3 is 2.55 bits per heavy atom. The van der Waals surface area contributed by atoms with Gasteiger partial charge in [0.05, 0.1) is 11.4 Å². The summed E-state index contributed by atoms with van der Waals surface area (Å²) in [5.74, 6) is -0.119. The second-order valence-electron chi connectivity index (χ2n) is 5.71. The highest BCUT2D eigenvalue weighted by Crippen LogP contribution is 2.36. The summed E-state index contributed by atoms with van der Waals surface area (Å²) >= 11 is 0.